The lowest BCUT2D eigenvalue weighted by Crippen LogP contribution is -2.51. The molecule has 18 heavy (non-hydrogen) atoms. The van der Waals surface area contributed by atoms with Crippen LogP contribution >= 0.6 is 0 Å². The zero-order chi connectivity index (χ0) is 12.4. The number of rotatable bonds is 2. The van der Waals surface area contributed by atoms with Crippen molar-refractivity contribution in [3.05, 3.63) is 35.4 Å². The normalized spacial score (nSPS) is 28.9. The lowest BCUT2D eigenvalue weighted by molar-refractivity contribution is 0.129. The predicted octanol–water partition coefficient (Wildman–Crippen LogP) is 2.75. The third-order valence-corrected chi connectivity index (χ3v) is 4.56. The summed E-state index contributed by atoms with van der Waals surface area (Å²) < 4.78 is 0. The standard InChI is InChI=1S/C16H24N2/c1-2-14-12-18(11-10-17-14)16-9-5-7-13-6-3-4-8-15(13)16/h3-4,6,8,14,16-17H,2,5,7,9-12H2,1H3. The molecule has 0 aromatic heterocycles. The Bertz CT molecular complexity index is 402. The van der Waals surface area contributed by atoms with Gasteiger partial charge < -0.3 is 5.32 Å². The first-order valence-corrected chi connectivity index (χ1v) is 7.43. The van der Waals surface area contributed by atoms with Gasteiger partial charge in [0.05, 0.1) is 0 Å². The maximum atomic E-state index is 3.62. The molecule has 98 valence electrons. The molecule has 0 amide bonds. The van der Waals surface area contributed by atoms with E-state index in [1.807, 2.05) is 0 Å². The molecular weight excluding hydrogens is 220 g/mol. The van der Waals surface area contributed by atoms with Gasteiger partial charge in [0.1, 0.15) is 0 Å². The van der Waals surface area contributed by atoms with Gasteiger partial charge in [0.2, 0.25) is 0 Å². The monoisotopic (exact) mass is 244 g/mol. The van der Waals surface area contributed by atoms with E-state index >= 15 is 0 Å². The van der Waals surface area contributed by atoms with E-state index < -0.39 is 0 Å². The third-order valence-electron chi connectivity index (χ3n) is 4.56. The zero-order valence-corrected chi connectivity index (χ0v) is 11.4. The zero-order valence-electron chi connectivity index (χ0n) is 11.4. The molecule has 1 aliphatic heterocycles. The van der Waals surface area contributed by atoms with Crippen LogP contribution in [0.4, 0.5) is 0 Å². The minimum absolute atomic E-state index is 0.672. The van der Waals surface area contributed by atoms with Gasteiger partial charge in [-0.3, -0.25) is 4.90 Å². The van der Waals surface area contributed by atoms with Crippen LogP contribution in [0, 0.1) is 0 Å². The van der Waals surface area contributed by atoms with Crippen LogP contribution in [-0.2, 0) is 6.42 Å². The topological polar surface area (TPSA) is 15.3 Å². The molecule has 1 fully saturated rings. The number of benzene rings is 1. The van der Waals surface area contributed by atoms with Crippen molar-refractivity contribution in [1.29, 1.82) is 0 Å². The smallest absolute Gasteiger partial charge is 0.0352 e. The van der Waals surface area contributed by atoms with Crippen molar-refractivity contribution in [3.63, 3.8) is 0 Å². The Morgan fingerprint density at radius 2 is 2.22 bits per heavy atom. The van der Waals surface area contributed by atoms with E-state index in [2.05, 4.69) is 41.4 Å². The second kappa shape index (κ2) is 5.41. The third kappa shape index (κ3) is 2.32. The summed E-state index contributed by atoms with van der Waals surface area (Å²) >= 11 is 0. The average molecular weight is 244 g/mol. The van der Waals surface area contributed by atoms with E-state index in [1.54, 1.807) is 11.1 Å². The first-order valence-electron chi connectivity index (χ1n) is 7.43. The fourth-order valence-electron chi connectivity index (χ4n) is 3.52. The van der Waals surface area contributed by atoms with Crippen LogP contribution in [-0.4, -0.2) is 30.6 Å². The van der Waals surface area contributed by atoms with Crippen LogP contribution in [0.3, 0.4) is 0 Å². The molecule has 2 nitrogen and oxygen atoms in total. The van der Waals surface area contributed by atoms with Gasteiger partial charge in [-0.25, -0.2) is 0 Å². The molecule has 2 atom stereocenters. The molecule has 0 bridgehead atoms. The van der Waals surface area contributed by atoms with Crippen LogP contribution in [0.15, 0.2) is 24.3 Å². The van der Waals surface area contributed by atoms with Crippen LogP contribution < -0.4 is 5.32 Å². The van der Waals surface area contributed by atoms with Gasteiger partial charge in [-0.15, -0.1) is 0 Å². The summed E-state index contributed by atoms with van der Waals surface area (Å²) in [7, 11) is 0. The highest BCUT2D eigenvalue weighted by molar-refractivity contribution is 5.32. The van der Waals surface area contributed by atoms with E-state index in [1.165, 1.54) is 38.8 Å². The summed E-state index contributed by atoms with van der Waals surface area (Å²) in [6.45, 7) is 5.86. The van der Waals surface area contributed by atoms with Crippen molar-refractivity contribution < 1.29 is 0 Å². The van der Waals surface area contributed by atoms with E-state index in [0.29, 0.717) is 12.1 Å². The Kier molecular flexibility index (Phi) is 3.67. The molecule has 1 aliphatic carbocycles. The van der Waals surface area contributed by atoms with Crippen molar-refractivity contribution in [3.8, 4) is 0 Å². The van der Waals surface area contributed by atoms with E-state index in [0.717, 1.165) is 6.54 Å². The van der Waals surface area contributed by atoms with E-state index in [4.69, 9.17) is 0 Å². The lowest BCUT2D eigenvalue weighted by Gasteiger charge is -2.41. The predicted molar refractivity (Wildman–Crippen MR) is 75.8 cm³/mol. The fourth-order valence-corrected chi connectivity index (χ4v) is 3.52. The Labute approximate surface area is 110 Å². The van der Waals surface area contributed by atoms with Crippen molar-refractivity contribution in [2.75, 3.05) is 19.6 Å². The van der Waals surface area contributed by atoms with Crippen LogP contribution in [0.1, 0.15) is 43.4 Å². The second-order valence-electron chi connectivity index (χ2n) is 5.66. The number of aryl methyl sites for hydroxylation is 1. The minimum Gasteiger partial charge on any atom is -0.311 e. The summed E-state index contributed by atoms with van der Waals surface area (Å²) in [4.78, 5) is 2.71. The molecule has 3 rings (SSSR count). The first kappa shape index (κ1) is 12.2. The quantitative estimate of drug-likeness (QED) is 0.860. The number of piperazine rings is 1. The molecule has 2 unspecified atom stereocenters. The fraction of sp³-hybridized carbons (Fsp3) is 0.625. The Morgan fingerprint density at radius 3 is 3.11 bits per heavy atom. The number of nitrogens with one attached hydrogen (secondary N) is 1. The van der Waals surface area contributed by atoms with Gasteiger partial charge in [-0.05, 0) is 36.8 Å². The van der Waals surface area contributed by atoms with Gasteiger partial charge in [0.25, 0.3) is 0 Å². The summed E-state index contributed by atoms with van der Waals surface area (Å²) in [6.07, 6.45) is 5.21. The van der Waals surface area contributed by atoms with Crippen molar-refractivity contribution in [2.24, 2.45) is 0 Å². The molecule has 0 spiro atoms. The highest BCUT2D eigenvalue weighted by atomic mass is 15.2. The number of nitrogens with zero attached hydrogens (tertiary/aromatic N) is 1. The Morgan fingerprint density at radius 1 is 1.33 bits per heavy atom. The summed E-state index contributed by atoms with van der Waals surface area (Å²) in [5.41, 5.74) is 3.18. The maximum Gasteiger partial charge on any atom is 0.0352 e. The second-order valence-corrected chi connectivity index (χ2v) is 5.66. The molecule has 1 aromatic rings. The number of hydrogen-bond acceptors (Lipinski definition) is 2. The highest BCUT2D eigenvalue weighted by Crippen LogP contribution is 2.34. The molecule has 0 radical (unpaired) electrons. The van der Waals surface area contributed by atoms with Gasteiger partial charge >= 0.3 is 0 Å². The number of hydrogen-bond donors (Lipinski definition) is 1. The minimum atomic E-state index is 0.672. The average Bonchev–Trinajstić information content (AvgIpc) is 2.47. The SMILES string of the molecule is CCC1CN(C2CCCc3ccccc32)CCN1. The van der Waals surface area contributed by atoms with Gasteiger partial charge in [-0.1, -0.05) is 31.2 Å². The molecule has 0 saturated carbocycles. The van der Waals surface area contributed by atoms with Crippen LogP contribution in [0.2, 0.25) is 0 Å². The van der Waals surface area contributed by atoms with Gasteiger partial charge in [-0.2, -0.15) is 0 Å². The van der Waals surface area contributed by atoms with Crippen LogP contribution in [0.25, 0.3) is 0 Å². The van der Waals surface area contributed by atoms with Crippen molar-refractivity contribution in [2.45, 2.75) is 44.7 Å². The number of fused-ring (bicyclic) bond motifs is 1. The Hall–Kier alpha value is -0.860. The molecule has 1 saturated heterocycles. The van der Waals surface area contributed by atoms with Gasteiger partial charge in [0.15, 0.2) is 0 Å². The molecule has 1 N–H and O–H groups in total. The largest absolute Gasteiger partial charge is 0.311 e. The summed E-state index contributed by atoms with van der Waals surface area (Å²) in [5, 5.41) is 3.62. The van der Waals surface area contributed by atoms with E-state index in [-0.39, 0.29) is 0 Å². The van der Waals surface area contributed by atoms with Crippen LogP contribution in [0.5, 0.6) is 0 Å². The molecule has 2 aliphatic rings. The highest BCUT2D eigenvalue weighted by Gasteiger charge is 2.28. The van der Waals surface area contributed by atoms with Crippen molar-refractivity contribution >= 4 is 0 Å². The Balaban J connectivity index is 1.80. The van der Waals surface area contributed by atoms with E-state index in [9.17, 15) is 0 Å². The molecule has 1 heterocycles. The first-order chi connectivity index (χ1) is 8.88. The van der Waals surface area contributed by atoms with Gasteiger partial charge in [0, 0.05) is 31.7 Å². The molecule has 1 aromatic carbocycles. The lowest BCUT2D eigenvalue weighted by atomic mass is 9.86. The molecular formula is C16H24N2. The maximum absolute atomic E-state index is 3.62. The summed E-state index contributed by atoms with van der Waals surface area (Å²) in [5.74, 6) is 0. The molecule has 2 heteroatoms. The van der Waals surface area contributed by atoms with Crippen molar-refractivity contribution in [1.82, 2.24) is 10.2 Å². The summed E-state index contributed by atoms with van der Waals surface area (Å²) in [6, 6.07) is 10.4.